The maximum Gasteiger partial charge on any atom is 0.319 e. The molecule has 0 unspecified atom stereocenters. The van der Waals surface area contributed by atoms with Crippen LogP contribution in [0.25, 0.3) is 0 Å². The van der Waals surface area contributed by atoms with E-state index < -0.39 is 27.0 Å². The largest absolute Gasteiger partial charge is 0.497 e. The first-order valence-corrected chi connectivity index (χ1v) is 3.53. The summed E-state index contributed by atoms with van der Waals surface area (Å²) in [6, 6.07) is 3.06. The number of aromatic hydroxyl groups is 1. The predicted molar refractivity (Wildman–Crippen MR) is 46.1 cm³/mol. The molecular formula is C7H3N3O5. The van der Waals surface area contributed by atoms with Crippen molar-refractivity contribution in [3.63, 3.8) is 0 Å². The second kappa shape index (κ2) is 3.59. The molecule has 15 heavy (non-hydrogen) atoms. The number of hydrogen-bond donors (Lipinski definition) is 1. The molecule has 0 fully saturated rings. The van der Waals surface area contributed by atoms with E-state index in [1.807, 2.05) is 0 Å². The van der Waals surface area contributed by atoms with Gasteiger partial charge in [-0.1, -0.05) is 0 Å². The van der Waals surface area contributed by atoms with Crippen molar-refractivity contribution in [3.05, 3.63) is 37.9 Å². The lowest BCUT2D eigenvalue weighted by molar-refractivity contribution is -0.396. The predicted octanol–water partition coefficient (Wildman–Crippen LogP) is 1.08. The molecule has 76 valence electrons. The van der Waals surface area contributed by atoms with Crippen LogP contribution in [0.2, 0.25) is 0 Å². The van der Waals surface area contributed by atoms with Gasteiger partial charge >= 0.3 is 11.4 Å². The summed E-state index contributed by atoms with van der Waals surface area (Å²) >= 11 is 0. The van der Waals surface area contributed by atoms with Crippen molar-refractivity contribution in [1.82, 2.24) is 0 Å². The van der Waals surface area contributed by atoms with Crippen molar-refractivity contribution in [1.29, 1.82) is 5.26 Å². The molecule has 1 aromatic rings. The Morgan fingerprint density at radius 2 is 1.60 bits per heavy atom. The normalized spacial score (nSPS) is 9.27. The Hall–Kier alpha value is -2.69. The van der Waals surface area contributed by atoms with Crippen LogP contribution in [0.1, 0.15) is 5.56 Å². The maximum absolute atomic E-state index is 10.4. The van der Waals surface area contributed by atoms with E-state index in [0.717, 1.165) is 12.1 Å². The summed E-state index contributed by atoms with van der Waals surface area (Å²) in [6.45, 7) is 0. The molecule has 0 aliphatic heterocycles. The number of nitro benzene ring substituents is 2. The fourth-order valence-corrected chi connectivity index (χ4v) is 0.947. The van der Waals surface area contributed by atoms with Gasteiger partial charge < -0.3 is 5.11 Å². The molecular weight excluding hydrogens is 206 g/mol. The van der Waals surface area contributed by atoms with E-state index >= 15 is 0 Å². The Kier molecular flexibility index (Phi) is 2.48. The van der Waals surface area contributed by atoms with E-state index in [4.69, 9.17) is 10.4 Å². The van der Waals surface area contributed by atoms with Gasteiger partial charge in [0.15, 0.2) is 0 Å². The molecule has 0 aliphatic carbocycles. The van der Waals surface area contributed by atoms with Gasteiger partial charge in [0.1, 0.15) is 0 Å². The average Bonchev–Trinajstić information content (AvgIpc) is 2.17. The van der Waals surface area contributed by atoms with Crippen LogP contribution in [0, 0.1) is 31.6 Å². The molecule has 1 N–H and O–H groups in total. The summed E-state index contributed by atoms with van der Waals surface area (Å²) in [5.74, 6) is -1.05. The Bertz CT molecular complexity index is 455. The highest BCUT2D eigenvalue weighted by molar-refractivity contribution is 5.62. The summed E-state index contributed by atoms with van der Waals surface area (Å²) in [7, 11) is 0. The summed E-state index contributed by atoms with van der Waals surface area (Å²) in [5, 5.41) is 38.4. The van der Waals surface area contributed by atoms with Gasteiger partial charge in [0.05, 0.1) is 21.5 Å². The molecule has 8 nitrogen and oxygen atoms in total. The molecule has 0 saturated carbocycles. The zero-order valence-electron chi connectivity index (χ0n) is 7.08. The minimum Gasteiger partial charge on any atom is -0.497 e. The third-order valence-corrected chi connectivity index (χ3v) is 1.59. The van der Waals surface area contributed by atoms with E-state index in [1.165, 1.54) is 6.07 Å². The van der Waals surface area contributed by atoms with Crippen molar-refractivity contribution < 1.29 is 15.0 Å². The zero-order chi connectivity index (χ0) is 11.6. The molecule has 0 aromatic heterocycles. The lowest BCUT2D eigenvalue weighted by Crippen LogP contribution is -1.95. The van der Waals surface area contributed by atoms with Gasteiger partial charge in [-0.2, -0.15) is 5.26 Å². The zero-order valence-corrected chi connectivity index (χ0v) is 7.08. The van der Waals surface area contributed by atoms with Crippen LogP contribution < -0.4 is 0 Å². The number of nitriles is 1. The van der Waals surface area contributed by atoms with Crippen LogP contribution in [-0.2, 0) is 0 Å². The standard InChI is InChI=1S/C7H3N3O5/c8-3-4-1-5(9(12)13)7(11)6(2-4)10(14)15/h1-2,11H. The van der Waals surface area contributed by atoms with Gasteiger partial charge in [-0.25, -0.2) is 0 Å². The van der Waals surface area contributed by atoms with Crippen molar-refractivity contribution >= 4 is 11.4 Å². The molecule has 0 bridgehead atoms. The molecule has 0 radical (unpaired) electrons. The third kappa shape index (κ3) is 1.80. The molecule has 0 atom stereocenters. The Labute approximate surface area is 82.3 Å². The fraction of sp³-hybridized carbons (Fsp3) is 0. The summed E-state index contributed by atoms with van der Waals surface area (Å²) in [4.78, 5) is 18.8. The summed E-state index contributed by atoms with van der Waals surface area (Å²) < 4.78 is 0. The Balaban J connectivity index is 3.56. The Morgan fingerprint density at radius 1 is 1.20 bits per heavy atom. The monoisotopic (exact) mass is 209 g/mol. The van der Waals surface area contributed by atoms with Crippen molar-refractivity contribution in [2.24, 2.45) is 0 Å². The number of phenolic OH excluding ortho intramolecular Hbond substituents is 1. The van der Waals surface area contributed by atoms with Crippen LogP contribution in [0.3, 0.4) is 0 Å². The second-order valence-corrected chi connectivity index (χ2v) is 2.49. The number of hydrogen-bond acceptors (Lipinski definition) is 6. The van der Waals surface area contributed by atoms with Crippen LogP contribution in [-0.4, -0.2) is 15.0 Å². The first-order chi connectivity index (χ1) is 6.97. The molecule has 0 saturated heterocycles. The lowest BCUT2D eigenvalue weighted by Gasteiger charge is -1.97. The first-order valence-electron chi connectivity index (χ1n) is 3.53. The number of nitro groups is 2. The fourth-order valence-electron chi connectivity index (χ4n) is 0.947. The van der Waals surface area contributed by atoms with Crippen molar-refractivity contribution in [2.75, 3.05) is 0 Å². The lowest BCUT2D eigenvalue weighted by atomic mass is 10.1. The molecule has 1 aromatic carbocycles. The van der Waals surface area contributed by atoms with E-state index in [-0.39, 0.29) is 5.56 Å². The maximum atomic E-state index is 10.4. The SMILES string of the molecule is N#Cc1cc([N+](=O)[O-])c(O)c([N+](=O)[O-])c1. The topological polar surface area (TPSA) is 130 Å². The van der Waals surface area contributed by atoms with Gasteiger partial charge in [0.25, 0.3) is 5.75 Å². The highest BCUT2D eigenvalue weighted by atomic mass is 16.6. The van der Waals surface area contributed by atoms with Gasteiger partial charge in [0.2, 0.25) is 0 Å². The van der Waals surface area contributed by atoms with Crippen LogP contribution in [0.4, 0.5) is 11.4 Å². The van der Waals surface area contributed by atoms with Gasteiger partial charge in [0, 0.05) is 12.1 Å². The highest BCUT2D eigenvalue weighted by Crippen LogP contribution is 2.36. The smallest absolute Gasteiger partial charge is 0.319 e. The van der Waals surface area contributed by atoms with Crippen LogP contribution in [0.5, 0.6) is 5.75 Å². The third-order valence-electron chi connectivity index (χ3n) is 1.59. The van der Waals surface area contributed by atoms with E-state index in [9.17, 15) is 20.2 Å². The highest BCUT2D eigenvalue weighted by Gasteiger charge is 2.26. The van der Waals surface area contributed by atoms with E-state index in [0.29, 0.717) is 0 Å². The summed E-state index contributed by atoms with van der Waals surface area (Å²) in [5.41, 5.74) is -1.98. The Morgan fingerprint density at radius 3 is 1.87 bits per heavy atom. The van der Waals surface area contributed by atoms with E-state index in [1.54, 1.807) is 0 Å². The van der Waals surface area contributed by atoms with Crippen molar-refractivity contribution in [3.8, 4) is 11.8 Å². The molecule has 0 amide bonds. The van der Waals surface area contributed by atoms with Gasteiger partial charge in [-0.3, -0.25) is 20.2 Å². The second-order valence-electron chi connectivity index (χ2n) is 2.49. The number of nitrogens with zero attached hydrogens (tertiary/aromatic N) is 3. The molecule has 8 heteroatoms. The number of benzene rings is 1. The molecule has 0 spiro atoms. The minimum atomic E-state index is -1.05. The van der Waals surface area contributed by atoms with Gasteiger partial charge in [-0.05, 0) is 0 Å². The molecule has 1 rings (SSSR count). The van der Waals surface area contributed by atoms with E-state index in [2.05, 4.69) is 0 Å². The average molecular weight is 209 g/mol. The van der Waals surface area contributed by atoms with Crippen LogP contribution >= 0.6 is 0 Å². The van der Waals surface area contributed by atoms with Gasteiger partial charge in [-0.15, -0.1) is 0 Å². The molecule has 0 heterocycles. The first kappa shape index (κ1) is 10.4. The summed E-state index contributed by atoms with van der Waals surface area (Å²) in [6.07, 6.45) is 0. The quantitative estimate of drug-likeness (QED) is 0.572. The number of phenols is 1. The minimum absolute atomic E-state index is 0.258. The van der Waals surface area contributed by atoms with Crippen LogP contribution in [0.15, 0.2) is 12.1 Å². The molecule has 0 aliphatic rings. The van der Waals surface area contributed by atoms with Crippen molar-refractivity contribution in [2.45, 2.75) is 0 Å². The number of rotatable bonds is 2.